The molecule has 1 aromatic rings. The topological polar surface area (TPSA) is 15.3 Å². The molecule has 0 fully saturated rings. The van der Waals surface area contributed by atoms with Crippen molar-refractivity contribution in [3.63, 3.8) is 0 Å². The maximum atomic E-state index is 13.1. The average molecular weight is 208 g/mol. The Labute approximate surface area is 90.1 Å². The molecule has 0 saturated heterocycles. The lowest BCUT2D eigenvalue weighted by Crippen LogP contribution is -2.32. The second-order valence-electron chi connectivity index (χ2n) is 4.01. The molecular weight excluding hydrogens is 191 g/mol. The molecular formula is C12H17FN2. The molecule has 0 amide bonds. The fraction of sp³-hybridized carbons (Fsp3) is 0.500. The Morgan fingerprint density at radius 2 is 2.33 bits per heavy atom. The SMILES string of the molecule is CCN1c2ccc(F)cc2NCCC1C. The minimum Gasteiger partial charge on any atom is -0.383 e. The number of hydrogen-bond acceptors (Lipinski definition) is 2. The highest BCUT2D eigenvalue weighted by atomic mass is 19.1. The van der Waals surface area contributed by atoms with Crippen LogP contribution < -0.4 is 10.2 Å². The van der Waals surface area contributed by atoms with Gasteiger partial charge in [-0.15, -0.1) is 0 Å². The summed E-state index contributed by atoms with van der Waals surface area (Å²) >= 11 is 0. The molecule has 1 aromatic carbocycles. The monoisotopic (exact) mass is 208 g/mol. The van der Waals surface area contributed by atoms with Gasteiger partial charge in [0.15, 0.2) is 0 Å². The van der Waals surface area contributed by atoms with Crippen LogP contribution in [0.25, 0.3) is 0 Å². The van der Waals surface area contributed by atoms with Crippen LogP contribution in [0.3, 0.4) is 0 Å². The van der Waals surface area contributed by atoms with Crippen molar-refractivity contribution in [2.75, 3.05) is 23.3 Å². The normalized spacial score (nSPS) is 20.5. The minimum atomic E-state index is -0.174. The van der Waals surface area contributed by atoms with Gasteiger partial charge in [0.1, 0.15) is 5.82 Å². The van der Waals surface area contributed by atoms with Crippen LogP contribution in [0.15, 0.2) is 18.2 Å². The number of benzene rings is 1. The molecule has 0 spiro atoms. The zero-order valence-corrected chi connectivity index (χ0v) is 9.26. The molecule has 3 heteroatoms. The predicted molar refractivity (Wildman–Crippen MR) is 62.0 cm³/mol. The lowest BCUT2D eigenvalue weighted by Gasteiger charge is -2.28. The first-order chi connectivity index (χ1) is 7.22. The predicted octanol–water partition coefficient (Wildman–Crippen LogP) is 2.86. The van der Waals surface area contributed by atoms with E-state index < -0.39 is 0 Å². The van der Waals surface area contributed by atoms with E-state index in [0.717, 1.165) is 30.9 Å². The van der Waals surface area contributed by atoms with Gasteiger partial charge in [-0.25, -0.2) is 4.39 Å². The summed E-state index contributed by atoms with van der Waals surface area (Å²) in [5.41, 5.74) is 2.03. The maximum absolute atomic E-state index is 13.1. The van der Waals surface area contributed by atoms with Crippen LogP contribution in [0.4, 0.5) is 15.8 Å². The van der Waals surface area contributed by atoms with E-state index in [-0.39, 0.29) is 5.82 Å². The largest absolute Gasteiger partial charge is 0.383 e. The van der Waals surface area contributed by atoms with Crippen molar-refractivity contribution in [3.8, 4) is 0 Å². The molecule has 2 nitrogen and oxygen atoms in total. The summed E-state index contributed by atoms with van der Waals surface area (Å²) in [6.45, 7) is 6.22. The smallest absolute Gasteiger partial charge is 0.125 e. The molecule has 0 radical (unpaired) electrons. The fourth-order valence-electron chi connectivity index (χ4n) is 2.19. The van der Waals surface area contributed by atoms with Gasteiger partial charge in [0.2, 0.25) is 0 Å². The van der Waals surface area contributed by atoms with E-state index in [1.165, 1.54) is 6.07 Å². The van der Waals surface area contributed by atoms with Gasteiger partial charge in [0, 0.05) is 19.1 Å². The highest BCUT2D eigenvalue weighted by Crippen LogP contribution is 2.31. The molecule has 1 aliphatic rings. The Balaban J connectivity index is 2.43. The Morgan fingerprint density at radius 3 is 3.07 bits per heavy atom. The van der Waals surface area contributed by atoms with E-state index >= 15 is 0 Å². The van der Waals surface area contributed by atoms with Gasteiger partial charge in [0.25, 0.3) is 0 Å². The summed E-state index contributed by atoms with van der Waals surface area (Å²) in [4.78, 5) is 2.31. The first kappa shape index (κ1) is 10.3. The molecule has 0 aromatic heterocycles. The average Bonchev–Trinajstić information content (AvgIpc) is 2.36. The number of halogens is 1. The first-order valence-corrected chi connectivity index (χ1v) is 5.52. The number of hydrogen-bond donors (Lipinski definition) is 1. The standard InChI is InChI=1S/C12H17FN2/c1-3-15-9(2)6-7-14-11-8-10(13)4-5-12(11)15/h4-5,8-9,14H,3,6-7H2,1-2H3. The van der Waals surface area contributed by atoms with E-state index in [0.29, 0.717) is 6.04 Å². The van der Waals surface area contributed by atoms with E-state index in [2.05, 4.69) is 24.1 Å². The van der Waals surface area contributed by atoms with Crippen LogP contribution in [0.2, 0.25) is 0 Å². The molecule has 1 aliphatic heterocycles. The zero-order chi connectivity index (χ0) is 10.8. The van der Waals surface area contributed by atoms with E-state index in [1.54, 1.807) is 6.07 Å². The van der Waals surface area contributed by atoms with Crippen LogP contribution in [0.1, 0.15) is 20.3 Å². The number of anilines is 2. The van der Waals surface area contributed by atoms with Gasteiger partial charge in [0.05, 0.1) is 11.4 Å². The van der Waals surface area contributed by atoms with Crippen molar-refractivity contribution in [1.82, 2.24) is 0 Å². The summed E-state index contributed by atoms with van der Waals surface area (Å²) in [5.74, 6) is -0.174. The molecule has 2 rings (SSSR count). The fourth-order valence-corrected chi connectivity index (χ4v) is 2.19. The summed E-state index contributed by atoms with van der Waals surface area (Å²) in [6, 6.07) is 5.48. The highest BCUT2D eigenvalue weighted by molar-refractivity contribution is 5.71. The molecule has 1 N–H and O–H groups in total. The maximum Gasteiger partial charge on any atom is 0.125 e. The van der Waals surface area contributed by atoms with Crippen LogP contribution in [0.5, 0.6) is 0 Å². The third kappa shape index (κ3) is 1.91. The molecule has 1 heterocycles. The third-order valence-electron chi connectivity index (χ3n) is 3.02. The van der Waals surface area contributed by atoms with E-state index in [1.807, 2.05) is 6.07 Å². The molecule has 0 bridgehead atoms. The highest BCUT2D eigenvalue weighted by Gasteiger charge is 2.19. The van der Waals surface area contributed by atoms with Crippen molar-refractivity contribution in [2.45, 2.75) is 26.3 Å². The Hall–Kier alpha value is -1.25. The molecule has 0 aliphatic carbocycles. The van der Waals surface area contributed by atoms with Crippen molar-refractivity contribution in [1.29, 1.82) is 0 Å². The van der Waals surface area contributed by atoms with Crippen LogP contribution in [-0.4, -0.2) is 19.1 Å². The van der Waals surface area contributed by atoms with Crippen LogP contribution >= 0.6 is 0 Å². The quantitative estimate of drug-likeness (QED) is 0.763. The molecule has 1 unspecified atom stereocenters. The Bertz CT molecular complexity index is 351. The summed E-state index contributed by atoms with van der Waals surface area (Å²) in [6.07, 6.45) is 1.09. The van der Waals surface area contributed by atoms with Crippen molar-refractivity contribution in [2.24, 2.45) is 0 Å². The van der Waals surface area contributed by atoms with E-state index in [4.69, 9.17) is 0 Å². The first-order valence-electron chi connectivity index (χ1n) is 5.52. The number of fused-ring (bicyclic) bond motifs is 1. The lowest BCUT2D eigenvalue weighted by molar-refractivity contribution is 0.622. The van der Waals surface area contributed by atoms with Gasteiger partial charge in [-0.05, 0) is 38.5 Å². The Kier molecular flexibility index (Phi) is 2.80. The number of nitrogens with one attached hydrogen (secondary N) is 1. The van der Waals surface area contributed by atoms with Crippen molar-refractivity contribution >= 4 is 11.4 Å². The van der Waals surface area contributed by atoms with Gasteiger partial charge in [-0.2, -0.15) is 0 Å². The molecule has 15 heavy (non-hydrogen) atoms. The van der Waals surface area contributed by atoms with E-state index in [9.17, 15) is 4.39 Å². The summed E-state index contributed by atoms with van der Waals surface area (Å²) in [7, 11) is 0. The second kappa shape index (κ2) is 4.09. The van der Waals surface area contributed by atoms with Gasteiger partial charge in [-0.1, -0.05) is 0 Å². The third-order valence-corrected chi connectivity index (χ3v) is 3.02. The molecule has 0 saturated carbocycles. The zero-order valence-electron chi connectivity index (χ0n) is 9.26. The van der Waals surface area contributed by atoms with Gasteiger partial charge >= 0.3 is 0 Å². The molecule has 1 atom stereocenters. The summed E-state index contributed by atoms with van der Waals surface area (Å²) in [5, 5.41) is 3.28. The molecule has 82 valence electrons. The van der Waals surface area contributed by atoms with Gasteiger partial charge in [-0.3, -0.25) is 0 Å². The summed E-state index contributed by atoms with van der Waals surface area (Å²) < 4.78 is 13.1. The minimum absolute atomic E-state index is 0.174. The second-order valence-corrected chi connectivity index (χ2v) is 4.01. The van der Waals surface area contributed by atoms with Crippen LogP contribution in [0, 0.1) is 5.82 Å². The van der Waals surface area contributed by atoms with Crippen molar-refractivity contribution < 1.29 is 4.39 Å². The van der Waals surface area contributed by atoms with Crippen LogP contribution in [-0.2, 0) is 0 Å². The number of nitrogens with zero attached hydrogens (tertiary/aromatic N) is 1. The number of rotatable bonds is 1. The Morgan fingerprint density at radius 1 is 1.53 bits per heavy atom. The van der Waals surface area contributed by atoms with Gasteiger partial charge < -0.3 is 10.2 Å². The van der Waals surface area contributed by atoms with Crippen molar-refractivity contribution in [3.05, 3.63) is 24.0 Å². The lowest BCUT2D eigenvalue weighted by atomic mass is 10.2.